The van der Waals surface area contributed by atoms with Gasteiger partial charge in [-0.15, -0.1) is 0 Å². The molecule has 0 saturated heterocycles. The Morgan fingerprint density at radius 3 is 3.06 bits per heavy atom. The van der Waals surface area contributed by atoms with Crippen molar-refractivity contribution in [2.24, 2.45) is 0 Å². The predicted molar refractivity (Wildman–Crippen MR) is 60.9 cm³/mol. The Hall–Kier alpha value is -1.04. The summed E-state index contributed by atoms with van der Waals surface area (Å²) in [5.74, 6) is 0.890. The molecule has 2 aliphatic rings. The molecule has 0 spiro atoms. The quantitative estimate of drug-likeness (QED) is 0.691. The van der Waals surface area contributed by atoms with Crippen LogP contribution in [0.15, 0.2) is 12.1 Å². The van der Waals surface area contributed by atoms with Gasteiger partial charge in [0, 0.05) is 11.0 Å². The van der Waals surface area contributed by atoms with Gasteiger partial charge in [0.15, 0.2) is 0 Å². The van der Waals surface area contributed by atoms with Gasteiger partial charge in [0.05, 0.1) is 6.61 Å². The molecule has 4 nitrogen and oxygen atoms in total. The number of hydrogen-bond acceptors (Lipinski definition) is 4. The minimum Gasteiger partial charge on any atom is -0.492 e. The van der Waals surface area contributed by atoms with Crippen LogP contribution in [0.4, 0.5) is 0 Å². The maximum Gasteiger partial charge on any atom is 0.499 e. The molecule has 1 aromatic carbocycles. The highest BCUT2D eigenvalue weighted by Gasteiger charge is 2.41. The molecule has 5 heteroatoms. The number of nitrogens with one attached hydrogen (secondary N) is 1. The summed E-state index contributed by atoms with van der Waals surface area (Å²) in [5.41, 5.74) is 3.42. The van der Waals surface area contributed by atoms with E-state index in [0.717, 1.165) is 16.8 Å². The molecule has 1 N–H and O–H groups in total. The van der Waals surface area contributed by atoms with Crippen molar-refractivity contribution < 1.29 is 14.0 Å². The van der Waals surface area contributed by atoms with E-state index in [1.54, 1.807) is 0 Å². The van der Waals surface area contributed by atoms with Crippen LogP contribution in [0, 0.1) is 6.92 Å². The first kappa shape index (κ1) is 10.1. The van der Waals surface area contributed by atoms with Gasteiger partial charge < -0.3 is 14.0 Å². The van der Waals surface area contributed by atoms with Gasteiger partial charge in [-0.2, -0.15) is 0 Å². The van der Waals surface area contributed by atoms with E-state index < -0.39 is 0 Å². The van der Waals surface area contributed by atoms with Crippen LogP contribution in [0.25, 0.3) is 0 Å². The highest BCUT2D eigenvalue weighted by Crippen LogP contribution is 2.30. The molecule has 0 amide bonds. The van der Waals surface area contributed by atoms with Crippen molar-refractivity contribution in [3.63, 3.8) is 0 Å². The maximum absolute atomic E-state index is 5.81. The van der Waals surface area contributed by atoms with E-state index in [4.69, 9.17) is 14.0 Å². The third-order valence-electron chi connectivity index (χ3n) is 3.10. The Morgan fingerprint density at radius 2 is 2.25 bits per heavy atom. The smallest absolute Gasteiger partial charge is 0.492 e. The Balaban J connectivity index is 2.17. The highest BCUT2D eigenvalue weighted by molar-refractivity contribution is 6.64. The molecule has 3 rings (SSSR count). The van der Waals surface area contributed by atoms with Gasteiger partial charge in [-0.1, -0.05) is 6.07 Å². The Bertz CT molecular complexity index is 424. The van der Waals surface area contributed by atoms with Crippen LogP contribution in [0.2, 0.25) is 0 Å². The fourth-order valence-electron chi connectivity index (χ4n) is 2.34. The van der Waals surface area contributed by atoms with Gasteiger partial charge in [0.1, 0.15) is 18.6 Å². The summed E-state index contributed by atoms with van der Waals surface area (Å²) in [6.45, 7) is 3.23. The fourth-order valence-corrected chi connectivity index (χ4v) is 2.34. The molecule has 0 bridgehead atoms. The number of ether oxygens (including phenoxy) is 1. The molecule has 0 aromatic heterocycles. The van der Waals surface area contributed by atoms with Crippen LogP contribution in [0.3, 0.4) is 0 Å². The highest BCUT2D eigenvalue weighted by atomic mass is 16.6. The fraction of sp³-hybridized carbons (Fsp3) is 0.455. The first-order chi connectivity index (χ1) is 7.81. The molecule has 0 unspecified atom stereocenters. The molecule has 1 aromatic rings. The van der Waals surface area contributed by atoms with E-state index in [0.29, 0.717) is 13.2 Å². The summed E-state index contributed by atoms with van der Waals surface area (Å²) in [4.78, 5) is 0. The molecule has 0 fully saturated rings. The molecule has 84 valence electrons. The lowest BCUT2D eigenvalue weighted by molar-refractivity contribution is 0.128. The van der Waals surface area contributed by atoms with Crippen LogP contribution >= 0.6 is 0 Å². The maximum atomic E-state index is 5.81. The van der Waals surface area contributed by atoms with E-state index in [-0.39, 0.29) is 13.3 Å². The minimum atomic E-state index is -0.287. The molecule has 16 heavy (non-hydrogen) atoms. The van der Waals surface area contributed by atoms with Crippen molar-refractivity contribution in [1.29, 1.82) is 0 Å². The third-order valence-corrected chi connectivity index (χ3v) is 3.10. The van der Waals surface area contributed by atoms with Crippen molar-refractivity contribution in [1.82, 2.24) is 5.32 Å². The van der Waals surface area contributed by atoms with E-state index in [1.165, 1.54) is 5.56 Å². The van der Waals surface area contributed by atoms with Gasteiger partial charge in [-0.05, 0) is 25.6 Å². The zero-order chi connectivity index (χ0) is 11.1. The molecule has 0 aliphatic carbocycles. The average Bonchev–Trinajstić information content (AvgIpc) is 2.55. The second-order valence-corrected chi connectivity index (χ2v) is 4.06. The van der Waals surface area contributed by atoms with Crippen molar-refractivity contribution >= 4 is 12.6 Å². The molecule has 1 atom stereocenters. The molecular formula is C11H14BNO3. The van der Waals surface area contributed by atoms with Gasteiger partial charge in [0.25, 0.3) is 0 Å². The topological polar surface area (TPSA) is 39.7 Å². The van der Waals surface area contributed by atoms with Crippen LogP contribution in [-0.2, 0) is 9.31 Å². The summed E-state index contributed by atoms with van der Waals surface area (Å²) in [6.07, 6.45) is -0.0957. The third kappa shape index (κ3) is 1.36. The lowest BCUT2D eigenvalue weighted by atomic mass is 9.77. The first-order valence-electron chi connectivity index (χ1n) is 5.52. The van der Waals surface area contributed by atoms with Gasteiger partial charge >= 0.3 is 7.12 Å². The van der Waals surface area contributed by atoms with Crippen LogP contribution in [-0.4, -0.2) is 27.4 Å². The van der Waals surface area contributed by atoms with E-state index >= 15 is 0 Å². The van der Waals surface area contributed by atoms with Gasteiger partial charge in [-0.3, -0.25) is 5.32 Å². The monoisotopic (exact) mass is 219 g/mol. The van der Waals surface area contributed by atoms with Crippen LogP contribution in [0.5, 0.6) is 5.75 Å². The standard InChI is InChI=1S/C11H14BNO3/c1-7-3-4-8-10-9(7)11(13-2)16-12(10)15-6-5-14-8/h3-4,11,13H,5-6H2,1-2H3/t11-/m0/s1. The molecule has 2 aliphatic heterocycles. The lowest BCUT2D eigenvalue weighted by Gasteiger charge is -2.15. The average molecular weight is 219 g/mol. The van der Waals surface area contributed by atoms with E-state index in [9.17, 15) is 0 Å². The number of benzene rings is 1. The SMILES string of the molecule is CN[C@H]1OB2OCCOc3ccc(C)c1c32. The van der Waals surface area contributed by atoms with Crippen LogP contribution in [0.1, 0.15) is 17.4 Å². The second-order valence-electron chi connectivity index (χ2n) is 4.06. The summed E-state index contributed by atoms with van der Waals surface area (Å²) >= 11 is 0. The summed E-state index contributed by atoms with van der Waals surface area (Å²) < 4.78 is 17.1. The normalized spacial score (nSPS) is 22.6. The van der Waals surface area contributed by atoms with Crippen molar-refractivity contribution in [2.45, 2.75) is 13.2 Å². The summed E-state index contributed by atoms with van der Waals surface area (Å²) in [6, 6.07) is 4.06. The molecule has 2 heterocycles. The minimum absolute atomic E-state index is 0.0957. The number of hydrogen-bond donors (Lipinski definition) is 1. The summed E-state index contributed by atoms with van der Waals surface area (Å²) in [5, 5.41) is 3.14. The largest absolute Gasteiger partial charge is 0.499 e. The molecular weight excluding hydrogens is 205 g/mol. The molecule has 0 saturated carbocycles. The zero-order valence-electron chi connectivity index (χ0n) is 9.45. The summed E-state index contributed by atoms with van der Waals surface area (Å²) in [7, 11) is 1.60. The van der Waals surface area contributed by atoms with Crippen molar-refractivity contribution in [3.05, 3.63) is 23.3 Å². The predicted octanol–water partition coefficient (Wildman–Crippen LogP) is 0.347. The van der Waals surface area contributed by atoms with Crippen molar-refractivity contribution in [3.8, 4) is 5.75 Å². The number of aryl methyl sites for hydroxylation is 1. The Labute approximate surface area is 95.0 Å². The zero-order valence-corrected chi connectivity index (χ0v) is 9.45. The van der Waals surface area contributed by atoms with E-state index in [2.05, 4.69) is 18.3 Å². The molecule has 0 radical (unpaired) electrons. The van der Waals surface area contributed by atoms with Crippen LogP contribution < -0.4 is 15.5 Å². The Morgan fingerprint density at radius 1 is 1.38 bits per heavy atom. The van der Waals surface area contributed by atoms with E-state index in [1.807, 2.05) is 13.1 Å². The van der Waals surface area contributed by atoms with Crippen molar-refractivity contribution in [2.75, 3.05) is 20.3 Å². The second kappa shape index (κ2) is 3.77. The van der Waals surface area contributed by atoms with Gasteiger partial charge in [-0.25, -0.2) is 0 Å². The van der Waals surface area contributed by atoms with Gasteiger partial charge in [0.2, 0.25) is 0 Å². The lowest BCUT2D eigenvalue weighted by Crippen LogP contribution is -2.32. The Kier molecular flexibility index (Phi) is 2.39. The number of rotatable bonds is 1. The first-order valence-corrected chi connectivity index (χ1v) is 5.52.